The summed E-state index contributed by atoms with van der Waals surface area (Å²) in [4.78, 5) is 12.9. The van der Waals surface area contributed by atoms with Gasteiger partial charge in [-0.3, -0.25) is 9.69 Å². The van der Waals surface area contributed by atoms with Gasteiger partial charge in [-0.25, -0.2) is 0 Å². The van der Waals surface area contributed by atoms with Gasteiger partial charge in [-0.15, -0.1) is 0 Å². The Hall–Kier alpha value is 0.120. The highest BCUT2D eigenvalue weighted by Gasteiger charge is 2.20. The van der Waals surface area contributed by atoms with Gasteiger partial charge in [0.15, 0.2) is 0 Å². The second-order valence-corrected chi connectivity index (χ2v) is 4.93. The van der Waals surface area contributed by atoms with Crippen molar-refractivity contribution in [3.63, 3.8) is 0 Å². The Morgan fingerprint density at radius 2 is 2.07 bits per heavy atom. The summed E-state index contributed by atoms with van der Waals surface area (Å²) in [6.45, 7) is 3.84. The molecule has 0 unspecified atom stereocenters. The zero-order valence-electron chi connectivity index (χ0n) is 8.91. The van der Waals surface area contributed by atoms with Gasteiger partial charge in [-0.2, -0.15) is 0 Å². The Morgan fingerprint density at radius 3 is 2.60 bits per heavy atom. The second-order valence-electron chi connectivity index (χ2n) is 3.85. The maximum absolute atomic E-state index is 10.5. The number of hydrogen-bond acceptors (Lipinski definition) is 3. The van der Waals surface area contributed by atoms with E-state index >= 15 is 0 Å². The van der Waals surface area contributed by atoms with E-state index < -0.39 is 5.97 Å². The van der Waals surface area contributed by atoms with Gasteiger partial charge in [-0.1, -0.05) is 22.6 Å². The number of nitrogens with zero attached hydrogens (tertiary/aromatic N) is 1. The number of hydrogen-bond donors (Lipinski definition) is 2. The van der Waals surface area contributed by atoms with Crippen LogP contribution in [-0.2, 0) is 4.79 Å². The van der Waals surface area contributed by atoms with Crippen molar-refractivity contribution < 1.29 is 9.90 Å². The summed E-state index contributed by atoms with van der Waals surface area (Å²) in [5, 5.41) is 12.0. The smallest absolute Gasteiger partial charge is 0.304 e. The molecule has 0 aliphatic carbocycles. The molecule has 2 N–H and O–H groups in total. The zero-order chi connectivity index (χ0) is 11.1. The molecule has 0 amide bonds. The van der Waals surface area contributed by atoms with Crippen LogP contribution >= 0.6 is 22.6 Å². The van der Waals surface area contributed by atoms with E-state index in [1.807, 2.05) is 0 Å². The molecule has 1 fully saturated rings. The molecule has 0 radical (unpaired) electrons. The maximum atomic E-state index is 10.5. The summed E-state index contributed by atoms with van der Waals surface area (Å²) in [6.07, 6.45) is 2.56. The van der Waals surface area contributed by atoms with Crippen LogP contribution in [0.3, 0.4) is 0 Å². The van der Waals surface area contributed by atoms with Crippen molar-refractivity contribution in [2.24, 2.45) is 0 Å². The van der Waals surface area contributed by atoms with E-state index in [0.29, 0.717) is 12.6 Å². The first kappa shape index (κ1) is 13.2. The maximum Gasteiger partial charge on any atom is 0.304 e. The summed E-state index contributed by atoms with van der Waals surface area (Å²) >= 11 is 2.35. The van der Waals surface area contributed by atoms with Crippen molar-refractivity contribution in [3.8, 4) is 0 Å². The van der Waals surface area contributed by atoms with Crippen molar-refractivity contribution in [1.29, 1.82) is 0 Å². The Morgan fingerprint density at radius 1 is 1.40 bits per heavy atom. The van der Waals surface area contributed by atoms with E-state index in [0.717, 1.165) is 36.9 Å². The molecular formula is C10H19IN2O2. The van der Waals surface area contributed by atoms with Crippen molar-refractivity contribution >= 4 is 28.6 Å². The lowest BCUT2D eigenvalue weighted by atomic mass is 10.0. The van der Waals surface area contributed by atoms with Crippen LogP contribution < -0.4 is 5.32 Å². The Kier molecular flexibility index (Phi) is 6.51. The summed E-state index contributed by atoms with van der Waals surface area (Å²) in [7, 11) is 0. The van der Waals surface area contributed by atoms with Gasteiger partial charge in [0.05, 0.1) is 6.42 Å². The molecule has 0 spiro atoms. The predicted octanol–water partition coefficient (Wildman–Crippen LogP) is 0.950. The van der Waals surface area contributed by atoms with E-state index in [9.17, 15) is 4.79 Å². The van der Waals surface area contributed by atoms with E-state index in [-0.39, 0.29) is 6.42 Å². The molecule has 4 nitrogen and oxygen atoms in total. The van der Waals surface area contributed by atoms with Crippen LogP contribution in [0.15, 0.2) is 0 Å². The normalized spacial score (nSPS) is 18.3. The average molecular weight is 326 g/mol. The van der Waals surface area contributed by atoms with Crippen molar-refractivity contribution in [2.75, 3.05) is 30.6 Å². The predicted molar refractivity (Wildman–Crippen MR) is 68.6 cm³/mol. The Bertz CT molecular complexity index is 196. The first-order valence-electron chi connectivity index (χ1n) is 5.46. The molecular weight excluding hydrogens is 307 g/mol. The lowest BCUT2D eigenvalue weighted by Gasteiger charge is -2.33. The average Bonchev–Trinajstić information content (AvgIpc) is 2.25. The summed E-state index contributed by atoms with van der Waals surface area (Å²) < 4.78 is 1.07. The van der Waals surface area contributed by atoms with E-state index in [1.54, 1.807) is 0 Å². The highest BCUT2D eigenvalue weighted by atomic mass is 127. The monoisotopic (exact) mass is 326 g/mol. The second kappa shape index (κ2) is 7.40. The lowest BCUT2D eigenvalue weighted by Crippen LogP contribution is -2.44. The highest BCUT2D eigenvalue weighted by molar-refractivity contribution is 14.1. The molecule has 1 saturated heterocycles. The van der Waals surface area contributed by atoms with Gasteiger partial charge in [0.25, 0.3) is 0 Å². The molecule has 15 heavy (non-hydrogen) atoms. The molecule has 0 atom stereocenters. The van der Waals surface area contributed by atoms with Crippen LogP contribution in [0.4, 0.5) is 0 Å². The molecule has 1 aliphatic rings. The van der Waals surface area contributed by atoms with Gasteiger partial charge in [0.2, 0.25) is 0 Å². The first-order chi connectivity index (χ1) is 7.24. The molecule has 88 valence electrons. The molecule has 1 rings (SSSR count). The number of rotatable bonds is 6. The number of piperidine rings is 1. The minimum Gasteiger partial charge on any atom is -0.481 e. The SMILES string of the molecule is O=C(O)CCN(CCI)C1CCNCC1. The number of nitrogens with one attached hydrogen (secondary N) is 1. The number of carbonyl (C=O) groups is 1. The fourth-order valence-electron chi connectivity index (χ4n) is 2.00. The van der Waals surface area contributed by atoms with Crippen LogP contribution in [0.2, 0.25) is 0 Å². The fraction of sp³-hybridized carbons (Fsp3) is 0.900. The molecule has 0 bridgehead atoms. The van der Waals surface area contributed by atoms with Crippen LogP contribution in [0.5, 0.6) is 0 Å². The topological polar surface area (TPSA) is 52.6 Å². The van der Waals surface area contributed by atoms with Crippen LogP contribution in [0, 0.1) is 0 Å². The number of halogens is 1. The molecule has 0 saturated carbocycles. The molecule has 1 heterocycles. The summed E-state index contributed by atoms with van der Waals surface area (Å²) in [5.41, 5.74) is 0. The first-order valence-corrected chi connectivity index (χ1v) is 6.99. The minimum atomic E-state index is -0.692. The van der Waals surface area contributed by atoms with Crippen LogP contribution in [0.25, 0.3) is 0 Å². The quantitative estimate of drug-likeness (QED) is 0.564. The molecule has 1 aliphatic heterocycles. The third kappa shape index (κ3) is 5.12. The van der Waals surface area contributed by atoms with E-state index in [4.69, 9.17) is 5.11 Å². The van der Waals surface area contributed by atoms with Crippen LogP contribution in [0.1, 0.15) is 19.3 Å². The molecule has 5 heteroatoms. The van der Waals surface area contributed by atoms with Gasteiger partial charge in [0.1, 0.15) is 0 Å². The zero-order valence-corrected chi connectivity index (χ0v) is 11.1. The number of carboxylic acid groups (broad SMARTS) is 1. The molecule has 0 aromatic carbocycles. The summed E-state index contributed by atoms with van der Waals surface area (Å²) in [6, 6.07) is 0.584. The Balaban J connectivity index is 2.36. The number of alkyl halides is 1. The van der Waals surface area contributed by atoms with Crippen molar-refractivity contribution in [3.05, 3.63) is 0 Å². The molecule has 0 aromatic rings. The lowest BCUT2D eigenvalue weighted by molar-refractivity contribution is -0.137. The minimum absolute atomic E-state index is 0.264. The van der Waals surface area contributed by atoms with E-state index in [1.165, 1.54) is 0 Å². The number of carboxylic acids is 1. The standard InChI is InChI=1S/C10H19IN2O2/c11-4-8-13(7-3-10(14)15)9-1-5-12-6-2-9/h9,12H,1-8H2,(H,14,15). The highest BCUT2D eigenvalue weighted by Crippen LogP contribution is 2.12. The van der Waals surface area contributed by atoms with Gasteiger partial charge < -0.3 is 10.4 Å². The van der Waals surface area contributed by atoms with Crippen molar-refractivity contribution in [1.82, 2.24) is 10.2 Å². The van der Waals surface area contributed by atoms with Gasteiger partial charge >= 0.3 is 5.97 Å². The third-order valence-electron chi connectivity index (χ3n) is 2.81. The fourth-order valence-corrected chi connectivity index (χ4v) is 2.62. The third-order valence-corrected chi connectivity index (χ3v) is 3.29. The largest absolute Gasteiger partial charge is 0.481 e. The number of aliphatic carboxylic acids is 1. The Labute approximate surface area is 105 Å². The molecule has 0 aromatic heterocycles. The van der Waals surface area contributed by atoms with Crippen molar-refractivity contribution in [2.45, 2.75) is 25.3 Å². The van der Waals surface area contributed by atoms with Crippen LogP contribution in [-0.4, -0.2) is 52.6 Å². The summed E-state index contributed by atoms with van der Waals surface area (Å²) in [5.74, 6) is -0.692. The van der Waals surface area contributed by atoms with Gasteiger partial charge in [0, 0.05) is 23.6 Å². The van der Waals surface area contributed by atoms with E-state index in [2.05, 4.69) is 32.8 Å². The van der Waals surface area contributed by atoms with Gasteiger partial charge in [-0.05, 0) is 25.9 Å².